The first kappa shape index (κ1) is 31.1. The van der Waals surface area contributed by atoms with Crippen molar-refractivity contribution in [1.82, 2.24) is 9.97 Å². The first-order chi connectivity index (χ1) is 21.9. The summed E-state index contributed by atoms with van der Waals surface area (Å²) in [5, 5.41) is 10.5. The summed E-state index contributed by atoms with van der Waals surface area (Å²) in [5.74, 6) is -1.77. The van der Waals surface area contributed by atoms with Crippen molar-refractivity contribution in [2.75, 3.05) is 18.0 Å². The second kappa shape index (κ2) is 12.2. The molecule has 8 nitrogen and oxygen atoms in total. The highest BCUT2D eigenvalue weighted by atomic mass is 32.2. The van der Waals surface area contributed by atoms with E-state index < -0.39 is 37.1 Å². The van der Waals surface area contributed by atoms with Gasteiger partial charge in [0.1, 0.15) is 23.0 Å². The Morgan fingerprint density at radius 1 is 0.609 bits per heavy atom. The molecule has 13 heteroatoms. The van der Waals surface area contributed by atoms with Gasteiger partial charge in [0, 0.05) is 36.3 Å². The Hall–Kier alpha value is -4.85. The lowest BCUT2D eigenvalue weighted by molar-refractivity contribution is 0.142. The summed E-state index contributed by atoms with van der Waals surface area (Å²) in [6, 6.07) is 22.3. The fourth-order valence-electron chi connectivity index (χ4n) is 4.97. The van der Waals surface area contributed by atoms with E-state index in [1.807, 2.05) is 17.0 Å². The van der Waals surface area contributed by atoms with Gasteiger partial charge < -0.3 is 10.0 Å². The smallest absolute Gasteiger partial charge is 0.208 e. The predicted molar refractivity (Wildman–Crippen MR) is 165 cm³/mol. The number of anilines is 1. The first-order valence-electron chi connectivity index (χ1n) is 13.8. The Balaban J connectivity index is 0.000000164. The molecule has 1 fully saturated rings. The van der Waals surface area contributed by atoms with Crippen LogP contribution >= 0.6 is 0 Å². The van der Waals surface area contributed by atoms with Gasteiger partial charge in [-0.25, -0.2) is 30.0 Å². The van der Waals surface area contributed by atoms with Gasteiger partial charge >= 0.3 is 0 Å². The van der Waals surface area contributed by atoms with E-state index in [1.165, 1.54) is 54.7 Å². The number of aromatic nitrogens is 2. The molecule has 46 heavy (non-hydrogen) atoms. The molecule has 234 valence electrons. The van der Waals surface area contributed by atoms with E-state index in [-0.39, 0.29) is 31.2 Å². The minimum Gasteiger partial charge on any atom is -0.389 e. The van der Waals surface area contributed by atoms with Crippen LogP contribution in [0.4, 0.5) is 18.9 Å². The normalized spacial score (nSPS) is 13.7. The van der Waals surface area contributed by atoms with Crippen LogP contribution in [-0.4, -0.2) is 51.1 Å². The van der Waals surface area contributed by atoms with E-state index in [1.54, 1.807) is 18.2 Å². The van der Waals surface area contributed by atoms with Gasteiger partial charge in [0.2, 0.25) is 19.7 Å². The number of nitrogens with zero attached hydrogens (tertiary/aromatic N) is 3. The van der Waals surface area contributed by atoms with Crippen molar-refractivity contribution < 1.29 is 35.1 Å². The average molecular weight is 664 g/mol. The number of hydrogen-bond donors (Lipinski definition) is 1. The molecule has 1 N–H and O–H groups in total. The highest BCUT2D eigenvalue weighted by molar-refractivity contribution is 7.91. The summed E-state index contributed by atoms with van der Waals surface area (Å²) in [7, 11) is -7.73. The molecule has 6 aromatic rings. The number of rotatable bonds is 5. The topological polar surface area (TPSA) is 118 Å². The van der Waals surface area contributed by atoms with E-state index in [9.17, 15) is 35.1 Å². The van der Waals surface area contributed by atoms with Crippen molar-refractivity contribution in [3.05, 3.63) is 127 Å². The molecule has 7 rings (SSSR count). The number of halogens is 3. The second-order valence-corrected chi connectivity index (χ2v) is 14.4. The molecule has 3 heterocycles. The van der Waals surface area contributed by atoms with Gasteiger partial charge in [0.15, 0.2) is 0 Å². The van der Waals surface area contributed by atoms with Crippen LogP contribution in [0.5, 0.6) is 0 Å². The van der Waals surface area contributed by atoms with E-state index in [0.29, 0.717) is 29.4 Å². The van der Waals surface area contributed by atoms with Gasteiger partial charge in [-0.1, -0.05) is 36.4 Å². The van der Waals surface area contributed by atoms with Crippen LogP contribution in [0.15, 0.2) is 129 Å². The van der Waals surface area contributed by atoms with Gasteiger partial charge in [0.05, 0.1) is 36.9 Å². The third-order valence-corrected chi connectivity index (χ3v) is 10.8. The van der Waals surface area contributed by atoms with Crippen molar-refractivity contribution in [3.63, 3.8) is 0 Å². The molecule has 2 aromatic heterocycles. The minimum atomic E-state index is -3.89. The standard InChI is InChI=1S/C18H15FN2O3S.C15H9F2NO2S/c19-13-4-2-5-15(8-13)25(23,24)16-7-12-3-1-6-17(18(12)20-9-16)21-10-14(22)11-21;16-11-4-2-5-12(8-11)21(19,20)13-7-10-3-1-6-14(17)15(10)18-9-13/h1-9,14,22H,10-11H2;1-9H. The summed E-state index contributed by atoms with van der Waals surface area (Å²) in [4.78, 5) is 9.81. The van der Waals surface area contributed by atoms with Gasteiger partial charge in [0.25, 0.3) is 0 Å². The van der Waals surface area contributed by atoms with Gasteiger partial charge in [-0.15, -0.1) is 0 Å². The summed E-state index contributed by atoms with van der Waals surface area (Å²) in [6.45, 7) is 1.06. The third kappa shape index (κ3) is 6.04. The number of benzene rings is 4. The van der Waals surface area contributed by atoms with Gasteiger partial charge in [-0.05, 0) is 60.7 Å². The summed E-state index contributed by atoms with van der Waals surface area (Å²) < 4.78 is 90.3. The highest BCUT2D eigenvalue weighted by Gasteiger charge is 2.27. The van der Waals surface area contributed by atoms with Crippen LogP contribution in [0, 0.1) is 17.5 Å². The predicted octanol–water partition coefficient (Wildman–Crippen LogP) is 5.73. The number of aliphatic hydroxyl groups is 1. The van der Waals surface area contributed by atoms with Gasteiger partial charge in [-0.3, -0.25) is 9.97 Å². The van der Waals surface area contributed by atoms with Crippen LogP contribution in [0.3, 0.4) is 0 Å². The zero-order valence-electron chi connectivity index (χ0n) is 23.8. The quantitative estimate of drug-likeness (QED) is 0.249. The Bertz CT molecular complexity index is 2330. The fourth-order valence-corrected chi connectivity index (χ4v) is 7.51. The molecule has 0 saturated carbocycles. The molecule has 4 aromatic carbocycles. The summed E-state index contributed by atoms with van der Waals surface area (Å²) >= 11 is 0. The monoisotopic (exact) mass is 663 g/mol. The largest absolute Gasteiger partial charge is 0.389 e. The zero-order valence-corrected chi connectivity index (χ0v) is 25.4. The van der Waals surface area contributed by atoms with Crippen LogP contribution in [0.2, 0.25) is 0 Å². The Morgan fingerprint density at radius 3 is 1.61 bits per heavy atom. The van der Waals surface area contributed by atoms with E-state index in [0.717, 1.165) is 30.1 Å². The lowest BCUT2D eigenvalue weighted by Gasteiger charge is -2.38. The Labute approximate surface area is 262 Å². The maximum Gasteiger partial charge on any atom is 0.208 e. The van der Waals surface area contributed by atoms with Crippen molar-refractivity contribution in [3.8, 4) is 0 Å². The molecule has 0 spiro atoms. The Morgan fingerprint density at radius 2 is 1.09 bits per heavy atom. The van der Waals surface area contributed by atoms with Crippen molar-refractivity contribution in [1.29, 1.82) is 0 Å². The molecule has 1 aliphatic heterocycles. The van der Waals surface area contributed by atoms with E-state index in [2.05, 4.69) is 9.97 Å². The molecule has 0 aliphatic carbocycles. The Kier molecular flexibility index (Phi) is 8.23. The molecule has 0 amide bonds. The first-order valence-corrected chi connectivity index (χ1v) is 16.8. The molecule has 0 atom stereocenters. The zero-order chi connectivity index (χ0) is 32.6. The summed E-state index contributed by atoms with van der Waals surface area (Å²) in [5.41, 5.74) is 1.63. The molecule has 1 saturated heterocycles. The van der Waals surface area contributed by atoms with E-state index in [4.69, 9.17) is 0 Å². The van der Waals surface area contributed by atoms with Crippen LogP contribution in [0.25, 0.3) is 21.8 Å². The maximum atomic E-state index is 13.5. The number of pyridine rings is 2. The minimum absolute atomic E-state index is 0.0198. The van der Waals surface area contributed by atoms with Crippen molar-refractivity contribution >= 4 is 47.2 Å². The third-order valence-electron chi connectivity index (χ3n) is 7.34. The molecule has 0 unspecified atom stereocenters. The number of aliphatic hydroxyl groups excluding tert-OH is 1. The number of sulfone groups is 2. The van der Waals surface area contributed by atoms with Crippen molar-refractivity contribution in [2.24, 2.45) is 0 Å². The highest BCUT2D eigenvalue weighted by Crippen LogP contribution is 2.31. The molecular formula is C33H24F3N3O5S2. The second-order valence-electron chi connectivity index (χ2n) is 10.5. The number of β-amino-alcohol motifs (C(OH)–C–C–N with tert-alkyl or cyclic N) is 1. The van der Waals surface area contributed by atoms with Crippen LogP contribution in [-0.2, 0) is 19.7 Å². The number of hydrogen-bond acceptors (Lipinski definition) is 8. The molecule has 0 bridgehead atoms. The molecular weight excluding hydrogens is 640 g/mol. The fraction of sp³-hybridized carbons (Fsp3) is 0.0909. The lowest BCUT2D eigenvalue weighted by Crippen LogP contribution is -2.50. The lowest BCUT2D eigenvalue weighted by atomic mass is 10.1. The van der Waals surface area contributed by atoms with Crippen molar-refractivity contribution in [2.45, 2.75) is 25.7 Å². The van der Waals surface area contributed by atoms with Crippen LogP contribution < -0.4 is 4.90 Å². The number of para-hydroxylation sites is 2. The summed E-state index contributed by atoms with van der Waals surface area (Å²) in [6.07, 6.45) is 2.02. The van der Waals surface area contributed by atoms with Gasteiger partial charge in [-0.2, -0.15) is 0 Å². The molecule has 0 radical (unpaired) electrons. The van der Waals surface area contributed by atoms with Crippen LogP contribution in [0.1, 0.15) is 0 Å². The maximum absolute atomic E-state index is 13.5. The van der Waals surface area contributed by atoms with E-state index >= 15 is 0 Å². The molecule has 1 aliphatic rings. The average Bonchev–Trinajstić information content (AvgIpc) is 3.03. The SMILES string of the molecule is O=S(=O)(c1cccc(F)c1)c1cnc2c(F)cccc2c1.O=S(=O)(c1cccc(F)c1)c1cnc2c(N3CC(O)C3)cccc2c1. The number of fused-ring (bicyclic) bond motifs is 2.